The summed E-state index contributed by atoms with van der Waals surface area (Å²) < 4.78 is 0. The van der Waals surface area contributed by atoms with E-state index in [1.807, 2.05) is 0 Å². The number of hydrogen-bond donors (Lipinski definition) is 2. The number of nitrogens with zero attached hydrogens (tertiary/aromatic N) is 2. The molecule has 1 rings (SSSR count). The molecule has 0 unspecified atom stereocenters. The quantitative estimate of drug-likeness (QED) is 0.767. The Bertz CT molecular complexity index is 347. The molecule has 14 heavy (non-hydrogen) atoms. The van der Waals surface area contributed by atoms with Gasteiger partial charge in [-0.2, -0.15) is 0 Å². The van der Waals surface area contributed by atoms with Crippen LogP contribution in [0.1, 0.15) is 0 Å². The lowest BCUT2D eigenvalue weighted by atomic mass is 10.5. The fourth-order valence-electron chi connectivity index (χ4n) is 0.600. The molecule has 76 valence electrons. The molecule has 0 radical (unpaired) electrons. The lowest BCUT2D eigenvalue weighted by Crippen LogP contribution is -2.11. The molecule has 0 fully saturated rings. The maximum atomic E-state index is 10.1. The van der Waals surface area contributed by atoms with E-state index < -0.39 is 12.6 Å². The normalized spacial score (nSPS) is 9.86. The van der Waals surface area contributed by atoms with Gasteiger partial charge in [-0.05, 0) is 0 Å². The Hall–Kier alpha value is -1.11. The number of halogens is 2. The average Bonchev–Trinajstić information content (AvgIpc) is 2.10. The third-order valence-electron chi connectivity index (χ3n) is 1.10. The molecular weight excluding hydrogens is 233 g/mol. The molecule has 0 aliphatic carbocycles. The fourth-order valence-corrected chi connectivity index (χ4v) is 0.878. The molecule has 0 aromatic carbocycles. The Morgan fingerprint density at radius 2 is 2.29 bits per heavy atom. The molecule has 0 aliphatic heterocycles. The SMILES string of the molecule is O=C(O)CONc1cc(Cl)nnc1Cl. The van der Waals surface area contributed by atoms with Crippen molar-refractivity contribution < 1.29 is 14.7 Å². The van der Waals surface area contributed by atoms with Crippen molar-refractivity contribution in [1.82, 2.24) is 10.2 Å². The third-order valence-corrected chi connectivity index (χ3v) is 1.56. The highest BCUT2D eigenvalue weighted by atomic mass is 35.5. The predicted octanol–water partition coefficient (Wildman–Crippen LogP) is 1.21. The number of carboxylic acids is 1. The summed E-state index contributed by atoms with van der Waals surface area (Å²) >= 11 is 11.1. The van der Waals surface area contributed by atoms with Crippen LogP contribution in [0.2, 0.25) is 10.3 Å². The number of rotatable bonds is 4. The van der Waals surface area contributed by atoms with Gasteiger partial charge in [0.15, 0.2) is 16.9 Å². The van der Waals surface area contributed by atoms with Crippen LogP contribution in [0.3, 0.4) is 0 Å². The van der Waals surface area contributed by atoms with Crippen molar-refractivity contribution in [2.45, 2.75) is 0 Å². The molecule has 0 aliphatic rings. The molecule has 0 saturated heterocycles. The Kier molecular flexibility index (Phi) is 3.87. The molecule has 0 bridgehead atoms. The van der Waals surface area contributed by atoms with Crippen LogP contribution in [0.15, 0.2) is 6.07 Å². The smallest absolute Gasteiger partial charge is 0.332 e. The van der Waals surface area contributed by atoms with Gasteiger partial charge in [-0.25, -0.2) is 4.79 Å². The van der Waals surface area contributed by atoms with Gasteiger partial charge in [-0.3, -0.25) is 10.3 Å². The van der Waals surface area contributed by atoms with E-state index in [4.69, 9.17) is 28.3 Å². The van der Waals surface area contributed by atoms with E-state index in [0.29, 0.717) is 0 Å². The second kappa shape index (κ2) is 4.94. The van der Waals surface area contributed by atoms with Gasteiger partial charge in [0.25, 0.3) is 0 Å². The molecule has 2 N–H and O–H groups in total. The first-order chi connectivity index (χ1) is 6.59. The Balaban J connectivity index is 2.57. The zero-order chi connectivity index (χ0) is 10.6. The van der Waals surface area contributed by atoms with Crippen molar-refractivity contribution in [3.63, 3.8) is 0 Å². The summed E-state index contributed by atoms with van der Waals surface area (Å²) in [6.07, 6.45) is 0. The maximum absolute atomic E-state index is 10.1. The Morgan fingerprint density at radius 1 is 1.57 bits per heavy atom. The van der Waals surface area contributed by atoms with Gasteiger partial charge in [-0.15, -0.1) is 10.2 Å². The first-order valence-electron chi connectivity index (χ1n) is 3.38. The van der Waals surface area contributed by atoms with Gasteiger partial charge < -0.3 is 5.11 Å². The standard InChI is InChI=1S/C6H5Cl2N3O3/c7-4-1-3(6(8)10-9-4)11-14-2-5(12)13/h1H,2H2,(H,9,11)(H,12,13). The maximum Gasteiger partial charge on any atom is 0.332 e. The highest BCUT2D eigenvalue weighted by molar-refractivity contribution is 6.33. The van der Waals surface area contributed by atoms with Crippen molar-refractivity contribution in [3.05, 3.63) is 16.4 Å². The van der Waals surface area contributed by atoms with Crippen LogP contribution in [0, 0.1) is 0 Å². The first-order valence-corrected chi connectivity index (χ1v) is 4.13. The second-order valence-corrected chi connectivity index (χ2v) is 2.90. The molecule has 0 atom stereocenters. The summed E-state index contributed by atoms with van der Waals surface area (Å²) in [6.45, 7) is -0.504. The molecule has 8 heteroatoms. The number of anilines is 1. The van der Waals surface area contributed by atoms with Crippen molar-refractivity contribution in [3.8, 4) is 0 Å². The minimum absolute atomic E-state index is 0.0415. The topological polar surface area (TPSA) is 84.3 Å². The van der Waals surface area contributed by atoms with E-state index in [0.717, 1.165) is 0 Å². The number of nitrogens with one attached hydrogen (secondary N) is 1. The zero-order valence-corrected chi connectivity index (χ0v) is 8.21. The van der Waals surface area contributed by atoms with Gasteiger partial charge in [0, 0.05) is 6.07 Å². The van der Waals surface area contributed by atoms with Crippen LogP contribution < -0.4 is 5.48 Å². The number of aromatic nitrogens is 2. The summed E-state index contributed by atoms with van der Waals surface area (Å²) in [4.78, 5) is 14.6. The highest BCUT2D eigenvalue weighted by Crippen LogP contribution is 2.20. The molecular formula is C6H5Cl2N3O3. The molecule has 0 saturated carbocycles. The van der Waals surface area contributed by atoms with E-state index in [2.05, 4.69) is 20.5 Å². The van der Waals surface area contributed by atoms with Crippen molar-refractivity contribution >= 4 is 34.9 Å². The Labute approximate surface area is 88.7 Å². The van der Waals surface area contributed by atoms with Gasteiger partial charge in [-0.1, -0.05) is 23.2 Å². The van der Waals surface area contributed by atoms with E-state index in [-0.39, 0.29) is 16.0 Å². The summed E-state index contributed by atoms with van der Waals surface area (Å²) in [5, 5.41) is 15.4. The molecule has 0 amide bonds. The van der Waals surface area contributed by atoms with Gasteiger partial charge in [0.2, 0.25) is 0 Å². The number of carboxylic acid groups (broad SMARTS) is 1. The first kappa shape index (κ1) is 11.0. The minimum atomic E-state index is -1.11. The summed E-state index contributed by atoms with van der Waals surface area (Å²) in [7, 11) is 0. The Morgan fingerprint density at radius 3 is 2.93 bits per heavy atom. The summed E-state index contributed by atoms with van der Waals surface area (Å²) in [5.41, 5.74) is 2.54. The van der Waals surface area contributed by atoms with E-state index in [9.17, 15) is 4.79 Å². The second-order valence-electron chi connectivity index (χ2n) is 2.16. The average molecular weight is 238 g/mol. The lowest BCUT2D eigenvalue weighted by Gasteiger charge is -2.05. The lowest BCUT2D eigenvalue weighted by molar-refractivity contribution is -0.141. The molecule has 1 aromatic heterocycles. The number of carbonyl (C=O) groups is 1. The largest absolute Gasteiger partial charge is 0.479 e. The van der Waals surface area contributed by atoms with Gasteiger partial charge in [0.1, 0.15) is 5.69 Å². The monoisotopic (exact) mass is 237 g/mol. The zero-order valence-electron chi connectivity index (χ0n) is 6.70. The molecule has 0 spiro atoms. The van der Waals surface area contributed by atoms with E-state index >= 15 is 0 Å². The van der Waals surface area contributed by atoms with Crippen LogP contribution >= 0.6 is 23.2 Å². The number of aliphatic carboxylic acids is 1. The van der Waals surface area contributed by atoms with Crippen LogP contribution in [0.25, 0.3) is 0 Å². The highest BCUT2D eigenvalue weighted by Gasteiger charge is 2.04. The van der Waals surface area contributed by atoms with Crippen LogP contribution in [-0.2, 0) is 9.63 Å². The van der Waals surface area contributed by atoms with Crippen LogP contribution in [0.4, 0.5) is 5.69 Å². The molecule has 1 aromatic rings. The van der Waals surface area contributed by atoms with Crippen molar-refractivity contribution in [2.75, 3.05) is 12.1 Å². The van der Waals surface area contributed by atoms with Gasteiger partial charge >= 0.3 is 5.97 Å². The van der Waals surface area contributed by atoms with Crippen LogP contribution in [-0.4, -0.2) is 27.9 Å². The fraction of sp³-hybridized carbons (Fsp3) is 0.167. The van der Waals surface area contributed by atoms with E-state index in [1.165, 1.54) is 6.07 Å². The van der Waals surface area contributed by atoms with Gasteiger partial charge in [0.05, 0.1) is 0 Å². The minimum Gasteiger partial charge on any atom is -0.479 e. The molecule has 6 nitrogen and oxygen atoms in total. The summed E-state index contributed by atoms with van der Waals surface area (Å²) in [5.74, 6) is -1.11. The van der Waals surface area contributed by atoms with Crippen LogP contribution in [0.5, 0.6) is 0 Å². The van der Waals surface area contributed by atoms with E-state index in [1.54, 1.807) is 0 Å². The molecule has 1 heterocycles. The van der Waals surface area contributed by atoms with Crippen molar-refractivity contribution in [2.24, 2.45) is 0 Å². The third kappa shape index (κ3) is 3.33. The predicted molar refractivity (Wildman–Crippen MR) is 49.3 cm³/mol. The summed E-state index contributed by atoms with van der Waals surface area (Å²) in [6, 6.07) is 1.36. The van der Waals surface area contributed by atoms with Crippen molar-refractivity contribution in [1.29, 1.82) is 0 Å². The number of hydrogen-bond acceptors (Lipinski definition) is 5.